The molecule has 1 amide bonds. The molecule has 1 aliphatic heterocycles. The van der Waals surface area contributed by atoms with Crippen LogP contribution in [-0.4, -0.2) is 44.1 Å². The second-order valence-corrected chi connectivity index (χ2v) is 7.52. The SMILES string of the molecule is Cc1nc(CC(=O)N2CCCC(c3ccc4c(N)[nH]nc4n3)C2)cs1. The Hall–Kier alpha value is -2.48. The van der Waals surface area contributed by atoms with E-state index in [2.05, 4.69) is 20.2 Å². The van der Waals surface area contributed by atoms with E-state index in [9.17, 15) is 4.79 Å². The smallest absolute Gasteiger partial charge is 0.228 e. The van der Waals surface area contributed by atoms with Gasteiger partial charge in [0.15, 0.2) is 5.65 Å². The fraction of sp³-hybridized carbons (Fsp3) is 0.412. The first-order valence-electron chi connectivity index (χ1n) is 8.39. The number of hydrogen-bond donors (Lipinski definition) is 2. The molecule has 1 fully saturated rings. The van der Waals surface area contributed by atoms with Crippen LogP contribution < -0.4 is 5.73 Å². The molecule has 0 aromatic carbocycles. The summed E-state index contributed by atoms with van der Waals surface area (Å²) in [7, 11) is 0. The molecular weight excluding hydrogens is 336 g/mol. The van der Waals surface area contributed by atoms with E-state index in [1.165, 1.54) is 0 Å². The summed E-state index contributed by atoms with van der Waals surface area (Å²) in [6, 6.07) is 3.95. The number of aromatic nitrogens is 4. The van der Waals surface area contributed by atoms with E-state index in [0.29, 0.717) is 24.4 Å². The van der Waals surface area contributed by atoms with Gasteiger partial charge in [0.25, 0.3) is 0 Å². The molecule has 0 bridgehead atoms. The Morgan fingerprint density at radius 1 is 1.44 bits per heavy atom. The molecule has 1 saturated heterocycles. The molecule has 7 nitrogen and oxygen atoms in total. The Labute approximate surface area is 149 Å². The number of nitrogens with one attached hydrogen (secondary N) is 1. The highest BCUT2D eigenvalue weighted by Gasteiger charge is 2.26. The van der Waals surface area contributed by atoms with Crippen LogP contribution >= 0.6 is 11.3 Å². The summed E-state index contributed by atoms with van der Waals surface area (Å²) in [6.45, 7) is 3.45. The van der Waals surface area contributed by atoms with Gasteiger partial charge < -0.3 is 10.6 Å². The van der Waals surface area contributed by atoms with Crippen molar-refractivity contribution in [2.24, 2.45) is 0 Å². The Morgan fingerprint density at radius 2 is 2.32 bits per heavy atom. The zero-order valence-corrected chi connectivity index (χ0v) is 14.8. The fourth-order valence-corrected chi connectivity index (χ4v) is 3.97. The number of H-pyrrole nitrogens is 1. The number of nitrogen functional groups attached to an aromatic ring is 1. The first kappa shape index (κ1) is 16.0. The number of carbonyl (C=O) groups is 1. The minimum atomic E-state index is 0.139. The number of amides is 1. The largest absolute Gasteiger partial charge is 0.384 e. The van der Waals surface area contributed by atoms with Gasteiger partial charge in [0.05, 0.1) is 22.5 Å². The Bertz CT molecular complexity index is 917. The Balaban J connectivity index is 1.48. The molecule has 0 radical (unpaired) electrons. The lowest BCUT2D eigenvalue weighted by Crippen LogP contribution is -2.40. The monoisotopic (exact) mass is 356 g/mol. The number of aryl methyl sites for hydroxylation is 1. The molecule has 0 spiro atoms. The highest BCUT2D eigenvalue weighted by atomic mass is 32.1. The van der Waals surface area contributed by atoms with Crippen molar-refractivity contribution in [2.45, 2.75) is 32.1 Å². The number of anilines is 1. The van der Waals surface area contributed by atoms with Crippen molar-refractivity contribution in [3.05, 3.63) is 33.9 Å². The lowest BCUT2D eigenvalue weighted by atomic mass is 9.94. The maximum Gasteiger partial charge on any atom is 0.228 e. The number of carbonyl (C=O) groups excluding carboxylic acids is 1. The van der Waals surface area contributed by atoms with E-state index < -0.39 is 0 Å². The van der Waals surface area contributed by atoms with Crippen LogP contribution in [0.1, 0.15) is 35.2 Å². The maximum absolute atomic E-state index is 12.6. The van der Waals surface area contributed by atoms with Crippen molar-refractivity contribution in [2.75, 3.05) is 18.8 Å². The van der Waals surface area contributed by atoms with Gasteiger partial charge in [0.1, 0.15) is 5.82 Å². The average Bonchev–Trinajstić information content (AvgIpc) is 3.20. The van der Waals surface area contributed by atoms with Crippen LogP contribution in [0, 0.1) is 6.92 Å². The minimum Gasteiger partial charge on any atom is -0.384 e. The molecular formula is C17H20N6OS. The number of aromatic amines is 1. The number of nitrogens with zero attached hydrogens (tertiary/aromatic N) is 4. The maximum atomic E-state index is 12.6. The van der Waals surface area contributed by atoms with E-state index >= 15 is 0 Å². The third-order valence-corrected chi connectivity index (χ3v) is 5.48. The first-order valence-corrected chi connectivity index (χ1v) is 9.27. The van der Waals surface area contributed by atoms with Gasteiger partial charge in [-0.3, -0.25) is 9.89 Å². The van der Waals surface area contributed by atoms with E-state index in [1.54, 1.807) is 11.3 Å². The van der Waals surface area contributed by atoms with Crippen LogP contribution in [0.5, 0.6) is 0 Å². The third-order valence-electron chi connectivity index (χ3n) is 4.66. The van der Waals surface area contributed by atoms with Crippen LogP contribution in [0.15, 0.2) is 17.5 Å². The summed E-state index contributed by atoms with van der Waals surface area (Å²) in [4.78, 5) is 23.6. The zero-order valence-electron chi connectivity index (χ0n) is 14.0. The highest BCUT2D eigenvalue weighted by molar-refractivity contribution is 7.09. The molecule has 0 aliphatic carbocycles. The summed E-state index contributed by atoms with van der Waals surface area (Å²) < 4.78 is 0. The molecule has 1 aliphatic rings. The number of nitrogens with two attached hydrogens (primary N) is 1. The van der Waals surface area contributed by atoms with Crippen molar-refractivity contribution in [3.8, 4) is 0 Å². The van der Waals surface area contributed by atoms with Crippen LogP contribution in [-0.2, 0) is 11.2 Å². The van der Waals surface area contributed by atoms with Crippen molar-refractivity contribution in [1.29, 1.82) is 0 Å². The predicted octanol–water partition coefficient (Wildman–Crippen LogP) is 2.25. The summed E-state index contributed by atoms with van der Waals surface area (Å²) >= 11 is 1.58. The Morgan fingerprint density at radius 3 is 3.12 bits per heavy atom. The molecule has 0 saturated carbocycles. The van der Waals surface area contributed by atoms with Crippen LogP contribution in [0.25, 0.3) is 11.0 Å². The van der Waals surface area contributed by atoms with Crippen LogP contribution in [0.4, 0.5) is 5.82 Å². The summed E-state index contributed by atoms with van der Waals surface area (Å²) in [5, 5.41) is 10.7. The number of pyridine rings is 1. The number of likely N-dealkylation sites (tertiary alicyclic amines) is 1. The number of rotatable bonds is 3. The lowest BCUT2D eigenvalue weighted by Gasteiger charge is -2.32. The molecule has 4 rings (SSSR count). The number of piperidine rings is 1. The Kier molecular flexibility index (Phi) is 4.12. The quantitative estimate of drug-likeness (QED) is 0.749. The summed E-state index contributed by atoms with van der Waals surface area (Å²) in [5.41, 5.74) is 8.30. The molecule has 3 aromatic heterocycles. The highest BCUT2D eigenvalue weighted by Crippen LogP contribution is 2.28. The molecule has 1 atom stereocenters. The van der Waals surface area contributed by atoms with Crippen molar-refractivity contribution in [1.82, 2.24) is 25.1 Å². The predicted molar refractivity (Wildman–Crippen MR) is 97.4 cm³/mol. The van der Waals surface area contributed by atoms with Crippen molar-refractivity contribution < 1.29 is 4.79 Å². The van der Waals surface area contributed by atoms with Gasteiger partial charge in [0.2, 0.25) is 5.91 Å². The standard InChI is InChI=1S/C17H20N6OS/c1-10-19-12(9-25-10)7-15(24)23-6-2-3-11(8-23)14-5-4-13-16(18)21-22-17(13)20-14/h4-5,9,11H,2-3,6-8H2,1H3,(H3,18,20,21,22). The second kappa shape index (κ2) is 6.44. The second-order valence-electron chi connectivity index (χ2n) is 6.46. The topological polar surface area (TPSA) is 101 Å². The van der Waals surface area contributed by atoms with E-state index in [0.717, 1.165) is 41.2 Å². The number of fused-ring (bicyclic) bond motifs is 1. The summed E-state index contributed by atoms with van der Waals surface area (Å²) in [6.07, 6.45) is 2.38. The zero-order chi connectivity index (χ0) is 17.4. The van der Waals surface area contributed by atoms with Gasteiger partial charge in [-0.2, -0.15) is 5.10 Å². The average molecular weight is 356 g/mol. The number of hydrogen-bond acceptors (Lipinski definition) is 6. The van der Waals surface area contributed by atoms with Crippen LogP contribution in [0.2, 0.25) is 0 Å². The molecule has 130 valence electrons. The van der Waals surface area contributed by atoms with Gasteiger partial charge in [-0.25, -0.2) is 9.97 Å². The van der Waals surface area contributed by atoms with Gasteiger partial charge in [-0.15, -0.1) is 11.3 Å². The molecule has 8 heteroatoms. The molecule has 3 N–H and O–H groups in total. The third kappa shape index (κ3) is 3.21. The molecule has 1 unspecified atom stereocenters. The van der Waals surface area contributed by atoms with Gasteiger partial charge >= 0.3 is 0 Å². The lowest BCUT2D eigenvalue weighted by molar-refractivity contribution is -0.131. The van der Waals surface area contributed by atoms with E-state index in [1.807, 2.05) is 29.3 Å². The minimum absolute atomic E-state index is 0.139. The molecule has 25 heavy (non-hydrogen) atoms. The van der Waals surface area contributed by atoms with Crippen molar-refractivity contribution in [3.63, 3.8) is 0 Å². The van der Waals surface area contributed by atoms with Crippen LogP contribution in [0.3, 0.4) is 0 Å². The van der Waals surface area contributed by atoms with Gasteiger partial charge in [-0.05, 0) is 31.9 Å². The number of thiazole rings is 1. The fourth-order valence-electron chi connectivity index (χ4n) is 3.36. The van der Waals surface area contributed by atoms with E-state index in [4.69, 9.17) is 5.73 Å². The normalized spacial score (nSPS) is 18.0. The van der Waals surface area contributed by atoms with Crippen molar-refractivity contribution >= 4 is 34.1 Å². The van der Waals surface area contributed by atoms with Gasteiger partial charge in [0, 0.05) is 30.1 Å². The molecule has 4 heterocycles. The van der Waals surface area contributed by atoms with E-state index in [-0.39, 0.29) is 11.8 Å². The molecule has 3 aromatic rings. The van der Waals surface area contributed by atoms with Gasteiger partial charge in [-0.1, -0.05) is 0 Å². The first-order chi connectivity index (χ1) is 12.1. The summed E-state index contributed by atoms with van der Waals surface area (Å²) in [5.74, 6) is 0.908.